The maximum atomic E-state index is 11.1. The Morgan fingerprint density at radius 1 is 1.35 bits per heavy atom. The fourth-order valence-corrected chi connectivity index (χ4v) is 4.60. The van der Waals surface area contributed by atoms with Gasteiger partial charge in [0, 0.05) is 37.4 Å². The summed E-state index contributed by atoms with van der Waals surface area (Å²) in [5.41, 5.74) is 1.26. The number of pyridine rings is 1. The topological polar surface area (TPSA) is 61.7 Å². The molecule has 1 N–H and O–H groups in total. The Morgan fingerprint density at radius 3 is 2.81 bits per heavy atom. The Bertz CT molecular complexity index is 711. The summed E-state index contributed by atoms with van der Waals surface area (Å²) in [6, 6.07) is 4.59. The lowest BCUT2D eigenvalue weighted by molar-refractivity contribution is -0.102. The van der Waals surface area contributed by atoms with Gasteiger partial charge in [-0.1, -0.05) is 6.07 Å². The Kier molecular flexibility index (Phi) is 5.33. The van der Waals surface area contributed by atoms with E-state index < -0.39 is 5.60 Å². The largest absolute Gasteiger partial charge is 0.383 e. The standard InChI is InChI=1S/C19H26N4O2S/c1-22(10-15-3-2-6-20-9-15)11-18-21-17(14-26-18)19(24)4-7-23(8-5-19)16-12-25-13-16/h2-3,6,9,14,16,24H,4-5,7-8,10-13H2,1H3. The summed E-state index contributed by atoms with van der Waals surface area (Å²) in [5, 5.41) is 14.2. The van der Waals surface area contributed by atoms with E-state index in [0.717, 1.165) is 62.9 Å². The van der Waals surface area contributed by atoms with E-state index in [0.29, 0.717) is 6.04 Å². The molecule has 0 saturated carbocycles. The number of likely N-dealkylation sites (tertiary alicyclic amines) is 1. The van der Waals surface area contributed by atoms with Gasteiger partial charge in [-0.3, -0.25) is 14.8 Å². The quantitative estimate of drug-likeness (QED) is 0.833. The van der Waals surface area contributed by atoms with Crippen LogP contribution in [0.4, 0.5) is 0 Å². The molecule has 0 radical (unpaired) electrons. The fraction of sp³-hybridized carbons (Fsp3) is 0.579. The Hall–Kier alpha value is -1.38. The number of nitrogens with zero attached hydrogens (tertiary/aromatic N) is 4. The first-order valence-electron chi connectivity index (χ1n) is 9.19. The zero-order chi connectivity index (χ0) is 18.0. The molecule has 0 amide bonds. The normalized spacial score (nSPS) is 21.0. The van der Waals surface area contributed by atoms with Crippen LogP contribution < -0.4 is 0 Å². The molecule has 0 bridgehead atoms. The van der Waals surface area contributed by atoms with Crippen LogP contribution in [0.2, 0.25) is 0 Å². The molecule has 0 unspecified atom stereocenters. The SMILES string of the molecule is CN(Cc1cccnc1)Cc1nc(C2(O)CCN(C3COC3)CC2)cs1. The number of thiazole rings is 1. The van der Waals surface area contributed by atoms with Gasteiger partial charge in [-0.2, -0.15) is 0 Å². The predicted molar refractivity (Wildman–Crippen MR) is 101 cm³/mol. The molecular weight excluding hydrogens is 348 g/mol. The molecule has 0 aromatic carbocycles. The van der Waals surface area contributed by atoms with Crippen LogP contribution in [0.25, 0.3) is 0 Å². The van der Waals surface area contributed by atoms with Crippen LogP contribution in [0.5, 0.6) is 0 Å². The van der Waals surface area contributed by atoms with Crippen LogP contribution in [0.1, 0.15) is 29.1 Å². The zero-order valence-corrected chi connectivity index (χ0v) is 16.0. The third-order valence-corrected chi connectivity index (χ3v) is 6.20. The molecule has 2 aliphatic heterocycles. The molecule has 2 fully saturated rings. The van der Waals surface area contributed by atoms with Crippen molar-refractivity contribution in [2.24, 2.45) is 0 Å². The van der Waals surface area contributed by atoms with Crippen molar-refractivity contribution < 1.29 is 9.84 Å². The highest BCUT2D eigenvalue weighted by atomic mass is 32.1. The summed E-state index contributed by atoms with van der Waals surface area (Å²) < 4.78 is 5.28. The van der Waals surface area contributed by atoms with Crippen LogP contribution in [0.3, 0.4) is 0 Å². The van der Waals surface area contributed by atoms with Crippen molar-refractivity contribution in [3.63, 3.8) is 0 Å². The highest BCUT2D eigenvalue weighted by Crippen LogP contribution is 2.34. The molecule has 0 atom stereocenters. The van der Waals surface area contributed by atoms with E-state index in [4.69, 9.17) is 9.72 Å². The number of aromatic nitrogens is 2. The summed E-state index contributed by atoms with van der Waals surface area (Å²) in [5.74, 6) is 0. The minimum absolute atomic E-state index is 0.548. The Morgan fingerprint density at radius 2 is 2.15 bits per heavy atom. The molecule has 7 heteroatoms. The molecule has 26 heavy (non-hydrogen) atoms. The van der Waals surface area contributed by atoms with Crippen molar-refractivity contribution in [1.82, 2.24) is 19.8 Å². The van der Waals surface area contributed by atoms with E-state index in [1.807, 2.05) is 17.6 Å². The van der Waals surface area contributed by atoms with Gasteiger partial charge in [-0.25, -0.2) is 4.98 Å². The lowest BCUT2D eigenvalue weighted by atomic mass is 9.88. The number of rotatable bonds is 6. The van der Waals surface area contributed by atoms with Crippen molar-refractivity contribution in [2.75, 3.05) is 33.4 Å². The molecule has 4 rings (SSSR count). The number of ether oxygens (including phenoxy) is 1. The van der Waals surface area contributed by atoms with Gasteiger partial charge in [0.2, 0.25) is 0 Å². The van der Waals surface area contributed by atoms with Gasteiger partial charge in [-0.15, -0.1) is 11.3 Å². The van der Waals surface area contributed by atoms with Gasteiger partial charge in [0.05, 0.1) is 31.5 Å². The van der Waals surface area contributed by atoms with Crippen molar-refractivity contribution in [3.05, 3.63) is 46.2 Å². The van der Waals surface area contributed by atoms with Crippen LogP contribution in [-0.4, -0.2) is 64.3 Å². The highest BCUT2D eigenvalue weighted by Gasteiger charge is 2.39. The van der Waals surface area contributed by atoms with Gasteiger partial charge in [0.25, 0.3) is 0 Å². The van der Waals surface area contributed by atoms with E-state index in [2.05, 4.69) is 27.9 Å². The number of hydrogen-bond acceptors (Lipinski definition) is 7. The van der Waals surface area contributed by atoms with E-state index in [1.165, 1.54) is 5.56 Å². The molecule has 6 nitrogen and oxygen atoms in total. The summed E-state index contributed by atoms with van der Waals surface area (Å²) >= 11 is 1.64. The molecule has 2 aromatic heterocycles. The fourth-order valence-electron chi connectivity index (χ4n) is 3.64. The number of piperidine rings is 1. The first-order valence-corrected chi connectivity index (χ1v) is 10.1. The summed E-state index contributed by atoms with van der Waals surface area (Å²) in [6.45, 7) is 5.12. The Balaban J connectivity index is 1.33. The number of hydrogen-bond donors (Lipinski definition) is 1. The molecule has 0 aliphatic carbocycles. The van der Waals surface area contributed by atoms with Gasteiger partial charge in [0.15, 0.2) is 0 Å². The molecular formula is C19H26N4O2S. The van der Waals surface area contributed by atoms with Gasteiger partial charge < -0.3 is 9.84 Å². The van der Waals surface area contributed by atoms with Crippen molar-refractivity contribution >= 4 is 11.3 Å². The summed E-state index contributed by atoms with van der Waals surface area (Å²) in [6.07, 6.45) is 5.18. The summed E-state index contributed by atoms with van der Waals surface area (Å²) in [7, 11) is 2.09. The molecule has 2 aromatic rings. The smallest absolute Gasteiger partial charge is 0.110 e. The average Bonchev–Trinajstić information content (AvgIpc) is 3.05. The zero-order valence-electron chi connectivity index (χ0n) is 15.2. The molecule has 2 aliphatic rings. The maximum absolute atomic E-state index is 11.1. The minimum Gasteiger partial charge on any atom is -0.383 e. The molecule has 0 spiro atoms. The first kappa shape index (κ1) is 18.0. The second-order valence-corrected chi connectivity index (χ2v) is 8.36. The lowest BCUT2D eigenvalue weighted by Crippen LogP contribution is -2.54. The first-order chi connectivity index (χ1) is 12.6. The maximum Gasteiger partial charge on any atom is 0.110 e. The second-order valence-electron chi connectivity index (χ2n) is 7.42. The third kappa shape index (κ3) is 3.97. The molecule has 4 heterocycles. The van der Waals surface area contributed by atoms with Crippen LogP contribution >= 0.6 is 11.3 Å². The highest BCUT2D eigenvalue weighted by molar-refractivity contribution is 7.09. The predicted octanol–water partition coefficient (Wildman–Crippen LogP) is 1.85. The van der Waals surface area contributed by atoms with Crippen molar-refractivity contribution in [3.8, 4) is 0 Å². The van der Waals surface area contributed by atoms with Gasteiger partial charge in [0.1, 0.15) is 10.6 Å². The van der Waals surface area contributed by atoms with Crippen molar-refractivity contribution in [2.45, 2.75) is 37.6 Å². The van der Waals surface area contributed by atoms with Crippen LogP contribution in [0, 0.1) is 0 Å². The minimum atomic E-state index is -0.780. The van der Waals surface area contributed by atoms with Crippen molar-refractivity contribution in [1.29, 1.82) is 0 Å². The third-order valence-electron chi connectivity index (χ3n) is 5.37. The number of aliphatic hydroxyl groups is 1. The van der Waals surface area contributed by atoms with Gasteiger partial charge in [-0.05, 0) is 31.5 Å². The van der Waals surface area contributed by atoms with Crippen LogP contribution in [0.15, 0.2) is 29.9 Å². The molecule has 2 saturated heterocycles. The van der Waals surface area contributed by atoms with Crippen LogP contribution in [-0.2, 0) is 23.4 Å². The van der Waals surface area contributed by atoms with E-state index in [-0.39, 0.29) is 0 Å². The average molecular weight is 375 g/mol. The second kappa shape index (κ2) is 7.70. The van der Waals surface area contributed by atoms with E-state index >= 15 is 0 Å². The van der Waals surface area contributed by atoms with E-state index in [9.17, 15) is 5.11 Å². The molecule has 140 valence electrons. The van der Waals surface area contributed by atoms with E-state index in [1.54, 1.807) is 17.5 Å². The Labute approximate surface area is 158 Å². The monoisotopic (exact) mass is 374 g/mol. The summed E-state index contributed by atoms with van der Waals surface area (Å²) in [4.78, 5) is 13.6. The lowest BCUT2D eigenvalue weighted by Gasteiger charge is -2.43. The van der Waals surface area contributed by atoms with Gasteiger partial charge >= 0.3 is 0 Å².